The fraction of sp³-hybridized carbons (Fsp3) is 0.500. The highest BCUT2D eigenvalue weighted by Crippen LogP contribution is 2.35. The number of methoxy groups -OCH3 is 1. The number of rotatable bonds is 11. The molecule has 8 heteroatoms. The molecule has 0 saturated carbocycles. The molecule has 1 aliphatic heterocycles. The van der Waals surface area contributed by atoms with Crippen LogP contribution in [0.3, 0.4) is 0 Å². The second kappa shape index (κ2) is 12.0. The van der Waals surface area contributed by atoms with Gasteiger partial charge in [-0.05, 0) is 57.4 Å². The first kappa shape index (κ1) is 24.2. The highest BCUT2D eigenvalue weighted by molar-refractivity contribution is 8.26. The maximum atomic E-state index is 12.8. The molecule has 0 N–H and O–H groups in total. The summed E-state index contributed by atoms with van der Waals surface area (Å²) >= 11 is 6.70. The van der Waals surface area contributed by atoms with Crippen LogP contribution in [-0.4, -0.2) is 47.5 Å². The van der Waals surface area contributed by atoms with Gasteiger partial charge in [0.25, 0.3) is 5.91 Å². The number of ether oxygens (including phenoxy) is 3. The monoisotopic (exact) mass is 451 g/mol. The van der Waals surface area contributed by atoms with E-state index in [2.05, 4.69) is 4.74 Å². The molecule has 2 rings (SSSR count). The van der Waals surface area contributed by atoms with E-state index in [1.54, 1.807) is 4.90 Å². The largest absolute Gasteiger partial charge is 0.490 e. The first-order valence-corrected chi connectivity index (χ1v) is 11.3. The van der Waals surface area contributed by atoms with Crippen LogP contribution in [0.2, 0.25) is 0 Å². The summed E-state index contributed by atoms with van der Waals surface area (Å²) < 4.78 is 16.7. The van der Waals surface area contributed by atoms with Gasteiger partial charge in [0.15, 0.2) is 11.5 Å². The van der Waals surface area contributed by atoms with Gasteiger partial charge in [-0.2, -0.15) is 0 Å². The van der Waals surface area contributed by atoms with Crippen molar-refractivity contribution in [2.24, 2.45) is 0 Å². The predicted octanol–water partition coefficient (Wildman–Crippen LogP) is 4.81. The van der Waals surface area contributed by atoms with Crippen molar-refractivity contribution in [3.8, 4) is 11.5 Å². The SMILES string of the molecule is CCOc1cc(/C=C2\SC(=S)N(CCCCCC(=O)OC)C2=O)ccc1OC(C)C. The van der Waals surface area contributed by atoms with Crippen LogP contribution in [0.25, 0.3) is 6.08 Å². The Bertz CT molecular complexity index is 807. The molecule has 0 atom stereocenters. The third-order valence-electron chi connectivity index (χ3n) is 4.29. The lowest BCUT2D eigenvalue weighted by atomic mass is 10.1. The van der Waals surface area contributed by atoms with Crippen LogP contribution < -0.4 is 9.47 Å². The van der Waals surface area contributed by atoms with Crippen molar-refractivity contribution in [2.75, 3.05) is 20.3 Å². The third kappa shape index (κ3) is 7.02. The molecule has 1 aromatic rings. The number of thiocarbonyl (C=S) groups is 1. The molecule has 1 amide bonds. The van der Waals surface area contributed by atoms with E-state index < -0.39 is 0 Å². The number of hydrogen-bond donors (Lipinski definition) is 0. The summed E-state index contributed by atoms with van der Waals surface area (Å²) in [6.45, 7) is 6.92. The number of nitrogens with zero attached hydrogens (tertiary/aromatic N) is 1. The minimum absolute atomic E-state index is 0.0407. The van der Waals surface area contributed by atoms with Gasteiger partial charge < -0.3 is 14.2 Å². The summed E-state index contributed by atoms with van der Waals surface area (Å²) in [5, 5.41) is 0. The van der Waals surface area contributed by atoms with Crippen LogP contribution >= 0.6 is 24.0 Å². The third-order valence-corrected chi connectivity index (χ3v) is 5.67. The first-order chi connectivity index (χ1) is 14.3. The Morgan fingerprint density at radius 3 is 2.67 bits per heavy atom. The smallest absolute Gasteiger partial charge is 0.305 e. The average Bonchev–Trinajstić information content (AvgIpc) is 2.96. The van der Waals surface area contributed by atoms with Crippen LogP contribution in [0, 0.1) is 0 Å². The minimum atomic E-state index is -0.209. The Balaban J connectivity index is 2.02. The average molecular weight is 452 g/mol. The molecule has 164 valence electrons. The summed E-state index contributed by atoms with van der Waals surface area (Å²) in [5.41, 5.74) is 0.855. The van der Waals surface area contributed by atoms with Gasteiger partial charge in [0.2, 0.25) is 0 Å². The molecule has 1 heterocycles. The second-order valence-electron chi connectivity index (χ2n) is 7.03. The molecule has 0 aromatic heterocycles. The lowest BCUT2D eigenvalue weighted by molar-refractivity contribution is -0.140. The van der Waals surface area contributed by atoms with Crippen molar-refractivity contribution in [1.82, 2.24) is 4.90 Å². The summed E-state index contributed by atoms with van der Waals surface area (Å²) in [5.74, 6) is 1.04. The molecule has 1 aromatic carbocycles. The summed E-state index contributed by atoms with van der Waals surface area (Å²) in [7, 11) is 1.39. The molecular formula is C22H29NO5S2. The van der Waals surface area contributed by atoms with E-state index >= 15 is 0 Å². The van der Waals surface area contributed by atoms with E-state index in [1.807, 2.05) is 45.0 Å². The van der Waals surface area contributed by atoms with Gasteiger partial charge in [-0.25, -0.2) is 0 Å². The van der Waals surface area contributed by atoms with Gasteiger partial charge in [-0.3, -0.25) is 14.5 Å². The first-order valence-electron chi connectivity index (χ1n) is 10.1. The fourth-order valence-electron chi connectivity index (χ4n) is 2.90. The van der Waals surface area contributed by atoms with Crippen molar-refractivity contribution in [3.63, 3.8) is 0 Å². The van der Waals surface area contributed by atoms with Crippen molar-refractivity contribution in [3.05, 3.63) is 28.7 Å². The Hall–Kier alpha value is -2.06. The zero-order valence-electron chi connectivity index (χ0n) is 17.9. The van der Waals surface area contributed by atoms with Gasteiger partial charge >= 0.3 is 5.97 Å². The number of carbonyl (C=O) groups is 2. The fourth-order valence-corrected chi connectivity index (χ4v) is 4.20. The molecular weight excluding hydrogens is 422 g/mol. The molecule has 0 unspecified atom stereocenters. The highest BCUT2D eigenvalue weighted by atomic mass is 32.2. The van der Waals surface area contributed by atoms with Crippen LogP contribution in [0.15, 0.2) is 23.1 Å². The molecule has 0 radical (unpaired) electrons. The zero-order chi connectivity index (χ0) is 22.1. The quantitative estimate of drug-likeness (QED) is 0.207. The number of thioether (sulfide) groups is 1. The minimum Gasteiger partial charge on any atom is -0.490 e. The number of hydrogen-bond acceptors (Lipinski definition) is 7. The van der Waals surface area contributed by atoms with Crippen molar-refractivity contribution >= 4 is 46.3 Å². The number of carbonyl (C=O) groups excluding carboxylic acids is 2. The topological polar surface area (TPSA) is 65.1 Å². The van der Waals surface area contributed by atoms with Crippen molar-refractivity contribution < 1.29 is 23.8 Å². The standard InChI is InChI=1S/C22H29NO5S2/c1-5-27-18-13-16(10-11-17(18)28-15(2)3)14-19-21(25)23(22(29)30-19)12-8-6-7-9-20(24)26-4/h10-11,13-15H,5-9,12H2,1-4H3/b19-14-. The lowest BCUT2D eigenvalue weighted by Crippen LogP contribution is -2.29. The van der Waals surface area contributed by atoms with Crippen LogP contribution in [0.1, 0.15) is 52.0 Å². The van der Waals surface area contributed by atoms with Crippen molar-refractivity contribution in [1.29, 1.82) is 0 Å². The molecule has 1 aliphatic rings. The normalized spacial score (nSPS) is 15.2. The second-order valence-corrected chi connectivity index (χ2v) is 8.70. The van der Waals surface area contributed by atoms with E-state index in [9.17, 15) is 9.59 Å². The van der Waals surface area contributed by atoms with Crippen LogP contribution in [0.5, 0.6) is 11.5 Å². The summed E-state index contributed by atoms with van der Waals surface area (Å²) in [6.07, 6.45) is 4.62. The maximum absolute atomic E-state index is 12.8. The number of unbranched alkanes of at least 4 members (excludes halogenated alkanes) is 2. The number of benzene rings is 1. The summed E-state index contributed by atoms with van der Waals surface area (Å²) in [4.78, 5) is 26.2. The van der Waals surface area contributed by atoms with Crippen LogP contribution in [-0.2, 0) is 14.3 Å². The lowest BCUT2D eigenvalue weighted by Gasteiger charge is -2.15. The molecule has 0 bridgehead atoms. The zero-order valence-corrected chi connectivity index (χ0v) is 19.6. The summed E-state index contributed by atoms with van der Waals surface area (Å²) in [6, 6.07) is 5.64. The number of amides is 1. The Kier molecular flexibility index (Phi) is 9.65. The molecule has 30 heavy (non-hydrogen) atoms. The highest BCUT2D eigenvalue weighted by Gasteiger charge is 2.31. The predicted molar refractivity (Wildman–Crippen MR) is 124 cm³/mol. The van der Waals surface area contributed by atoms with Gasteiger partial charge in [-0.15, -0.1) is 0 Å². The maximum Gasteiger partial charge on any atom is 0.305 e. The van der Waals surface area contributed by atoms with Gasteiger partial charge in [0, 0.05) is 13.0 Å². The van der Waals surface area contributed by atoms with Gasteiger partial charge in [-0.1, -0.05) is 36.5 Å². The van der Waals surface area contributed by atoms with E-state index in [0.29, 0.717) is 40.3 Å². The van der Waals surface area contributed by atoms with E-state index in [4.69, 9.17) is 21.7 Å². The molecule has 1 fully saturated rings. The molecule has 0 aliphatic carbocycles. The van der Waals surface area contributed by atoms with E-state index in [-0.39, 0.29) is 18.0 Å². The Labute approximate surface area is 187 Å². The van der Waals surface area contributed by atoms with Gasteiger partial charge in [0.1, 0.15) is 4.32 Å². The van der Waals surface area contributed by atoms with Crippen LogP contribution in [0.4, 0.5) is 0 Å². The van der Waals surface area contributed by atoms with Crippen molar-refractivity contribution in [2.45, 2.75) is 52.6 Å². The Morgan fingerprint density at radius 1 is 1.23 bits per heavy atom. The van der Waals surface area contributed by atoms with Gasteiger partial charge in [0.05, 0.1) is 24.7 Å². The van der Waals surface area contributed by atoms with E-state index in [0.717, 1.165) is 24.8 Å². The molecule has 1 saturated heterocycles. The molecule has 0 spiro atoms. The molecule has 6 nitrogen and oxygen atoms in total. The van der Waals surface area contributed by atoms with E-state index in [1.165, 1.54) is 18.9 Å². The number of esters is 1. The Morgan fingerprint density at radius 2 is 2.00 bits per heavy atom.